The van der Waals surface area contributed by atoms with Gasteiger partial charge in [-0.2, -0.15) is 10.2 Å². The van der Waals surface area contributed by atoms with Crippen molar-refractivity contribution in [2.75, 3.05) is 18.9 Å². The van der Waals surface area contributed by atoms with E-state index in [4.69, 9.17) is 37.9 Å². The molecular formula is C29H39N9O7. The molecule has 0 radical (unpaired) electrons. The predicted molar refractivity (Wildman–Crippen MR) is 167 cm³/mol. The van der Waals surface area contributed by atoms with E-state index in [1.54, 1.807) is 46.9 Å². The van der Waals surface area contributed by atoms with Gasteiger partial charge in [0.25, 0.3) is 5.56 Å². The number of nitrogen functional groups attached to an aromatic ring is 1. The number of aromatic amines is 1. The number of carbonyl (C=O) groups is 3. The van der Waals surface area contributed by atoms with Crippen molar-refractivity contribution in [1.29, 1.82) is 10.7 Å². The number of rotatable bonds is 6. The minimum Gasteiger partial charge on any atom is -0.512 e. The second kappa shape index (κ2) is 22.7. The quantitative estimate of drug-likeness (QED) is 0.0582. The molecule has 45 heavy (non-hydrogen) atoms. The van der Waals surface area contributed by atoms with Crippen molar-refractivity contribution in [2.24, 2.45) is 5.73 Å². The smallest absolute Gasteiger partial charge is 0.339 e. The Labute approximate surface area is 260 Å². The van der Waals surface area contributed by atoms with Crippen molar-refractivity contribution < 1.29 is 28.3 Å². The van der Waals surface area contributed by atoms with Crippen LogP contribution in [0.3, 0.4) is 0 Å². The van der Waals surface area contributed by atoms with E-state index in [1.165, 1.54) is 20.0 Å². The van der Waals surface area contributed by atoms with E-state index in [2.05, 4.69) is 29.5 Å². The van der Waals surface area contributed by atoms with E-state index in [0.717, 1.165) is 6.26 Å². The number of hydrogen-bond acceptors (Lipinski definition) is 13. The Morgan fingerprint density at radius 2 is 1.73 bits per heavy atom. The standard InChI is InChI=1S/C9H9N3O2.C8H11NO3.C6H5N3O.C4H8O.C2H6N2/c1-4(13)8-7(10)6-3-11-5(2)12-9(6)14-8;1-4-11-6-7(9-3)8(10)12-5-2;1-4-8-3-5(2-7)6(10)9-4;1-3-4(2)5;1-2(3)4/h3H,10H2,1-2H3;6H,4-5H2,1-2H3;3H,1H3,(H,8,9,10);3H2,1-2H3;1H3,(H3,3,4)/b;7-6-;;;. The number of furan rings is 1. The highest BCUT2D eigenvalue weighted by atomic mass is 16.5. The van der Waals surface area contributed by atoms with Gasteiger partial charge in [0.05, 0.1) is 49.2 Å². The Kier molecular flexibility index (Phi) is 20.8. The SMILES string of the molecule is CC(=N)N.CC(=O)c1oc2nc(C)ncc2c1N.CCC(C)=O.Cc1ncc(C#N)c(=O)[nH]1.[C-]#[N+]/C(=C\OCC)C(=O)OCC. The van der Waals surface area contributed by atoms with Crippen LogP contribution in [-0.4, -0.2) is 56.5 Å². The number of nitrogens with two attached hydrogens (primary N) is 2. The van der Waals surface area contributed by atoms with Crippen LogP contribution >= 0.6 is 0 Å². The van der Waals surface area contributed by atoms with Gasteiger partial charge >= 0.3 is 11.7 Å². The minimum atomic E-state index is -0.638. The fourth-order valence-electron chi connectivity index (χ4n) is 2.30. The van der Waals surface area contributed by atoms with E-state index >= 15 is 0 Å². The van der Waals surface area contributed by atoms with Crippen molar-refractivity contribution in [2.45, 2.75) is 61.8 Å². The van der Waals surface area contributed by atoms with Gasteiger partial charge < -0.3 is 35.1 Å². The first-order valence-corrected chi connectivity index (χ1v) is 13.2. The van der Waals surface area contributed by atoms with Gasteiger partial charge in [0.2, 0.25) is 5.71 Å². The molecule has 0 amide bonds. The number of carbonyl (C=O) groups excluding carboxylic acids is 3. The fourth-order valence-corrected chi connectivity index (χ4v) is 2.30. The molecule has 0 bridgehead atoms. The summed E-state index contributed by atoms with van der Waals surface area (Å²) in [5.41, 5.74) is 10.6. The maximum atomic E-state index is 11.1. The van der Waals surface area contributed by atoms with Crippen molar-refractivity contribution in [3.05, 3.63) is 69.1 Å². The highest BCUT2D eigenvalue weighted by molar-refractivity contribution is 6.04. The van der Waals surface area contributed by atoms with Gasteiger partial charge in [-0.15, -0.1) is 0 Å². The highest BCUT2D eigenvalue weighted by Gasteiger charge is 2.16. The number of nitrogens with one attached hydrogen (secondary N) is 2. The van der Waals surface area contributed by atoms with Crippen LogP contribution in [0.15, 0.2) is 33.6 Å². The lowest BCUT2D eigenvalue weighted by molar-refractivity contribution is -0.138. The summed E-state index contributed by atoms with van der Waals surface area (Å²) in [5, 5.41) is 15.2. The van der Waals surface area contributed by atoms with Crippen LogP contribution in [0.25, 0.3) is 15.9 Å². The van der Waals surface area contributed by atoms with Crippen LogP contribution in [0.4, 0.5) is 5.69 Å². The zero-order valence-corrected chi connectivity index (χ0v) is 26.6. The first kappa shape index (κ1) is 41.2. The van der Waals surface area contributed by atoms with Gasteiger partial charge in [0.1, 0.15) is 29.1 Å². The zero-order valence-electron chi connectivity index (χ0n) is 26.6. The third-order valence-corrected chi connectivity index (χ3v) is 4.44. The molecule has 16 heteroatoms. The molecule has 0 aliphatic carbocycles. The number of aromatic nitrogens is 4. The summed E-state index contributed by atoms with van der Waals surface area (Å²) in [7, 11) is 0. The van der Waals surface area contributed by atoms with Crippen molar-refractivity contribution in [3.8, 4) is 6.07 Å². The molecule has 0 saturated carbocycles. The summed E-state index contributed by atoms with van der Waals surface area (Å²) in [6, 6.07) is 1.72. The van der Waals surface area contributed by atoms with E-state index in [1.807, 2.05) is 6.92 Å². The van der Waals surface area contributed by atoms with Crippen LogP contribution in [0, 0.1) is 37.2 Å². The third-order valence-electron chi connectivity index (χ3n) is 4.44. The van der Waals surface area contributed by atoms with Gasteiger partial charge in [0, 0.05) is 19.5 Å². The van der Waals surface area contributed by atoms with Crippen LogP contribution in [-0.2, 0) is 19.1 Å². The number of hydrogen-bond donors (Lipinski definition) is 4. The number of aryl methyl sites for hydroxylation is 2. The number of amidine groups is 1. The number of H-pyrrole nitrogens is 1. The Bertz CT molecular complexity index is 1610. The number of anilines is 1. The number of nitrogens with zero attached hydrogens (tertiary/aromatic N) is 5. The number of fused-ring (bicyclic) bond motifs is 1. The van der Waals surface area contributed by atoms with Gasteiger partial charge in [-0.05, 0) is 41.5 Å². The summed E-state index contributed by atoms with van der Waals surface area (Å²) < 4.78 is 14.6. The highest BCUT2D eigenvalue weighted by Crippen LogP contribution is 2.26. The monoisotopic (exact) mass is 625 g/mol. The molecule has 0 aliphatic rings. The summed E-state index contributed by atoms with van der Waals surface area (Å²) >= 11 is 0. The molecule has 16 nitrogen and oxygen atoms in total. The predicted octanol–water partition coefficient (Wildman–Crippen LogP) is 3.54. The van der Waals surface area contributed by atoms with Crippen LogP contribution < -0.4 is 17.0 Å². The number of esters is 1. The van der Waals surface area contributed by atoms with Gasteiger partial charge in [-0.25, -0.2) is 14.8 Å². The second-order valence-electron chi connectivity index (χ2n) is 8.39. The first-order valence-electron chi connectivity index (χ1n) is 13.2. The Hall–Kier alpha value is -5.90. The van der Waals surface area contributed by atoms with Crippen molar-refractivity contribution >= 4 is 40.2 Å². The molecular weight excluding hydrogens is 586 g/mol. The molecule has 0 spiro atoms. The molecule has 3 aromatic heterocycles. The zero-order chi connectivity index (χ0) is 35.1. The van der Waals surface area contributed by atoms with E-state index in [0.29, 0.717) is 41.5 Å². The Balaban J connectivity index is 0. The van der Waals surface area contributed by atoms with Crippen molar-refractivity contribution in [3.63, 3.8) is 0 Å². The molecule has 242 valence electrons. The maximum Gasteiger partial charge on any atom is 0.339 e. The largest absolute Gasteiger partial charge is 0.512 e. The van der Waals surface area contributed by atoms with Crippen LogP contribution in [0.1, 0.15) is 75.7 Å². The van der Waals surface area contributed by atoms with Crippen molar-refractivity contribution in [1.82, 2.24) is 19.9 Å². The van der Waals surface area contributed by atoms with Gasteiger partial charge in [-0.1, -0.05) is 6.92 Å². The number of Topliss-reactive ketones (excluding diaryl/α,β-unsaturated/α-hetero) is 2. The lowest BCUT2D eigenvalue weighted by Gasteiger charge is -1.99. The Morgan fingerprint density at radius 3 is 2.16 bits per heavy atom. The minimum absolute atomic E-state index is 0.0469. The van der Waals surface area contributed by atoms with E-state index < -0.39 is 5.97 Å². The second-order valence-corrected chi connectivity index (χ2v) is 8.39. The first-order chi connectivity index (χ1) is 21.1. The summed E-state index contributed by atoms with van der Waals surface area (Å²) in [5.74, 6) is 0.828. The molecule has 0 unspecified atom stereocenters. The lowest BCUT2D eigenvalue weighted by Crippen LogP contribution is -2.11. The van der Waals surface area contributed by atoms with E-state index in [9.17, 15) is 19.2 Å². The van der Waals surface area contributed by atoms with Crippen LogP contribution in [0.5, 0.6) is 0 Å². The normalized spacial score (nSPS) is 9.42. The fraction of sp³-hybridized carbons (Fsp3) is 0.379. The van der Waals surface area contributed by atoms with E-state index in [-0.39, 0.29) is 46.6 Å². The number of ketones is 2. The topological polar surface area (TPSA) is 258 Å². The molecule has 0 aromatic carbocycles. The molecule has 0 saturated heterocycles. The number of nitriles is 1. The molecule has 6 N–H and O–H groups in total. The summed E-state index contributed by atoms with van der Waals surface area (Å²) in [4.78, 5) is 59.7. The maximum absolute atomic E-state index is 11.1. The van der Waals surface area contributed by atoms with Crippen LogP contribution in [0.2, 0.25) is 0 Å². The average molecular weight is 626 g/mol. The molecule has 3 aromatic rings. The molecule has 0 aliphatic heterocycles. The number of ether oxygens (including phenoxy) is 2. The average Bonchev–Trinajstić information content (AvgIpc) is 3.30. The lowest BCUT2D eigenvalue weighted by atomic mass is 10.2. The molecule has 3 heterocycles. The molecule has 0 atom stereocenters. The Morgan fingerprint density at radius 1 is 1.16 bits per heavy atom. The summed E-state index contributed by atoms with van der Waals surface area (Å²) in [6.45, 7) is 20.5. The summed E-state index contributed by atoms with van der Waals surface area (Å²) in [6.07, 6.45) is 4.60. The van der Waals surface area contributed by atoms with Gasteiger partial charge in [-0.3, -0.25) is 19.8 Å². The van der Waals surface area contributed by atoms with Gasteiger partial charge in [0.15, 0.2) is 11.5 Å². The third kappa shape index (κ3) is 17.6. The molecule has 0 fully saturated rings. The molecule has 3 rings (SSSR count).